The fourth-order valence-electron chi connectivity index (χ4n) is 4.43. The maximum Gasteiger partial charge on any atom is 0.254 e. The van der Waals surface area contributed by atoms with Crippen molar-refractivity contribution >= 4 is 16.8 Å². The number of carbonyl (C=O) groups is 1. The van der Waals surface area contributed by atoms with Gasteiger partial charge in [0.2, 0.25) is 0 Å². The first kappa shape index (κ1) is 17.4. The van der Waals surface area contributed by atoms with Gasteiger partial charge in [-0.15, -0.1) is 0 Å². The zero-order valence-electron chi connectivity index (χ0n) is 16.1. The molecule has 0 atom stereocenters. The minimum atomic E-state index is 0.159. The second-order valence-corrected chi connectivity index (χ2v) is 7.79. The monoisotopic (exact) mass is 376 g/mol. The molecular formula is C22H24N4O2. The predicted molar refractivity (Wildman–Crippen MR) is 106 cm³/mol. The van der Waals surface area contributed by atoms with Gasteiger partial charge < -0.3 is 9.42 Å². The van der Waals surface area contributed by atoms with E-state index in [2.05, 4.69) is 10.1 Å². The average Bonchev–Trinajstić information content (AvgIpc) is 3.34. The Balaban J connectivity index is 1.36. The molecule has 0 saturated carbocycles. The highest BCUT2D eigenvalue weighted by molar-refractivity contribution is 6.07. The number of amides is 1. The van der Waals surface area contributed by atoms with Crippen LogP contribution in [0.1, 0.15) is 39.5 Å². The van der Waals surface area contributed by atoms with E-state index in [1.165, 1.54) is 5.56 Å². The molecule has 1 aliphatic carbocycles. The highest BCUT2D eigenvalue weighted by atomic mass is 16.5. The fraction of sp³-hybridized carbons (Fsp3) is 0.409. The lowest BCUT2D eigenvalue weighted by Gasteiger charge is -2.34. The van der Waals surface area contributed by atoms with Crippen molar-refractivity contribution in [2.75, 3.05) is 26.2 Å². The van der Waals surface area contributed by atoms with E-state index >= 15 is 0 Å². The molecule has 144 valence electrons. The molecule has 1 fully saturated rings. The number of carbonyl (C=O) groups excluding carboxylic acids is 1. The Hall–Kier alpha value is -2.73. The molecule has 0 radical (unpaired) electrons. The molecule has 0 bridgehead atoms. The summed E-state index contributed by atoms with van der Waals surface area (Å²) in [5.41, 5.74) is 5.01. The number of hydrogen-bond acceptors (Lipinski definition) is 5. The summed E-state index contributed by atoms with van der Waals surface area (Å²) in [7, 11) is 0. The lowest BCUT2D eigenvalue weighted by molar-refractivity contribution is 0.0618. The first-order valence-electron chi connectivity index (χ1n) is 10.0. The number of nitrogens with zero attached hydrogens (tertiary/aromatic N) is 4. The van der Waals surface area contributed by atoms with Crippen molar-refractivity contribution in [3.8, 4) is 0 Å². The third-order valence-electron chi connectivity index (χ3n) is 5.85. The van der Waals surface area contributed by atoms with Gasteiger partial charge in [-0.1, -0.05) is 23.4 Å². The summed E-state index contributed by atoms with van der Waals surface area (Å²) in [6.07, 6.45) is 3.02. The van der Waals surface area contributed by atoms with E-state index in [-0.39, 0.29) is 5.91 Å². The number of hydrogen-bond donors (Lipinski definition) is 0. The van der Waals surface area contributed by atoms with Crippen LogP contribution in [0.3, 0.4) is 0 Å². The van der Waals surface area contributed by atoms with Crippen LogP contribution in [0.2, 0.25) is 0 Å². The second kappa shape index (κ2) is 7.02. The van der Waals surface area contributed by atoms with E-state index in [0.29, 0.717) is 0 Å². The third-order valence-corrected chi connectivity index (χ3v) is 5.85. The minimum Gasteiger partial charge on any atom is -0.360 e. The van der Waals surface area contributed by atoms with Gasteiger partial charge in [0.15, 0.2) is 5.76 Å². The van der Waals surface area contributed by atoms with Gasteiger partial charge in [-0.25, -0.2) is 0 Å². The molecule has 28 heavy (non-hydrogen) atoms. The van der Waals surface area contributed by atoms with Crippen molar-refractivity contribution in [3.63, 3.8) is 0 Å². The summed E-state index contributed by atoms with van der Waals surface area (Å²) in [6.45, 7) is 5.83. The van der Waals surface area contributed by atoms with Crippen LogP contribution in [0.4, 0.5) is 0 Å². The number of aromatic nitrogens is 2. The molecule has 0 unspecified atom stereocenters. The summed E-state index contributed by atoms with van der Waals surface area (Å²) in [4.78, 5) is 22.6. The van der Waals surface area contributed by atoms with Crippen LogP contribution < -0.4 is 0 Å². The van der Waals surface area contributed by atoms with Gasteiger partial charge in [0, 0.05) is 43.3 Å². The lowest BCUT2D eigenvalue weighted by Crippen LogP contribution is -2.48. The average molecular weight is 376 g/mol. The smallest absolute Gasteiger partial charge is 0.254 e. The van der Waals surface area contributed by atoms with Crippen molar-refractivity contribution in [1.29, 1.82) is 0 Å². The Morgan fingerprint density at radius 3 is 2.75 bits per heavy atom. The Morgan fingerprint density at radius 1 is 1.14 bits per heavy atom. The molecule has 1 saturated heterocycles. The summed E-state index contributed by atoms with van der Waals surface area (Å²) in [5, 5.41) is 4.95. The molecule has 0 N–H and O–H groups in total. The van der Waals surface area contributed by atoms with Gasteiger partial charge in [0.05, 0.1) is 23.3 Å². The predicted octanol–water partition coefficient (Wildman–Crippen LogP) is 2.98. The van der Waals surface area contributed by atoms with E-state index in [1.54, 1.807) is 0 Å². The molecule has 2 aromatic heterocycles. The number of aryl methyl sites for hydroxylation is 2. The molecule has 6 nitrogen and oxygen atoms in total. The van der Waals surface area contributed by atoms with Crippen LogP contribution in [0, 0.1) is 6.92 Å². The molecule has 1 aliphatic heterocycles. The fourth-order valence-corrected chi connectivity index (χ4v) is 4.43. The normalized spacial score (nSPS) is 17.2. The van der Waals surface area contributed by atoms with Gasteiger partial charge in [-0.2, -0.15) is 0 Å². The SMILES string of the molecule is Cc1cc(CN2CCN(C(=O)c3c4c(nc5ccccc35)CCC4)CC2)on1. The van der Waals surface area contributed by atoms with E-state index in [0.717, 1.165) is 85.6 Å². The molecule has 3 aromatic rings. The number of piperazine rings is 1. The van der Waals surface area contributed by atoms with Gasteiger partial charge in [0.25, 0.3) is 5.91 Å². The highest BCUT2D eigenvalue weighted by Gasteiger charge is 2.29. The van der Waals surface area contributed by atoms with Gasteiger partial charge in [-0.3, -0.25) is 14.7 Å². The largest absolute Gasteiger partial charge is 0.360 e. The van der Waals surface area contributed by atoms with Gasteiger partial charge >= 0.3 is 0 Å². The number of rotatable bonds is 3. The lowest BCUT2D eigenvalue weighted by atomic mass is 9.99. The van der Waals surface area contributed by atoms with Crippen LogP contribution in [0.15, 0.2) is 34.9 Å². The van der Waals surface area contributed by atoms with Crippen molar-refractivity contribution < 1.29 is 9.32 Å². The zero-order valence-corrected chi connectivity index (χ0v) is 16.1. The molecule has 1 aromatic carbocycles. The molecule has 5 rings (SSSR count). The van der Waals surface area contributed by atoms with E-state index in [4.69, 9.17) is 9.51 Å². The summed E-state index contributed by atoms with van der Waals surface area (Å²) < 4.78 is 5.33. The highest BCUT2D eigenvalue weighted by Crippen LogP contribution is 2.31. The number of para-hydroxylation sites is 1. The Kier molecular flexibility index (Phi) is 4.36. The topological polar surface area (TPSA) is 62.5 Å². The van der Waals surface area contributed by atoms with Crippen molar-refractivity contribution in [2.45, 2.75) is 32.7 Å². The quantitative estimate of drug-likeness (QED) is 0.703. The van der Waals surface area contributed by atoms with Crippen LogP contribution in [0.25, 0.3) is 10.9 Å². The molecule has 2 aliphatic rings. The number of pyridine rings is 1. The molecule has 3 heterocycles. The number of benzene rings is 1. The van der Waals surface area contributed by atoms with Crippen molar-refractivity contribution in [2.24, 2.45) is 0 Å². The first-order valence-corrected chi connectivity index (χ1v) is 10.0. The first-order chi connectivity index (χ1) is 13.7. The van der Waals surface area contributed by atoms with E-state index < -0.39 is 0 Å². The molecule has 1 amide bonds. The standard InChI is InChI=1S/C22H24N4O2/c1-15-13-16(28-24-15)14-25-9-11-26(12-10-25)22(27)21-17-5-2-3-7-19(17)23-20-8-4-6-18(20)21/h2-3,5,7,13H,4,6,8-12,14H2,1H3. The van der Waals surface area contributed by atoms with Crippen LogP contribution in [0.5, 0.6) is 0 Å². The Labute approximate surface area is 164 Å². The number of fused-ring (bicyclic) bond motifs is 2. The summed E-state index contributed by atoms with van der Waals surface area (Å²) in [6, 6.07) is 10.0. The molecular weight excluding hydrogens is 352 g/mol. The van der Waals surface area contributed by atoms with E-state index in [1.807, 2.05) is 42.2 Å². The second-order valence-electron chi connectivity index (χ2n) is 7.79. The maximum atomic E-state index is 13.5. The minimum absolute atomic E-state index is 0.159. The van der Waals surface area contributed by atoms with Gasteiger partial charge in [0.1, 0.15) is 0 Å². The third kappa shape index (κ3) is 3.07. The van der Waals surface area contributed by atoms with E-state index in [9.17, 15) is 4.79 Å². The zero-order chi connectivity index (χ0) is 19.1. The van der Waals surface area contributed by atoms with Crippen molar-refractivity contribution in [1.82, 2.24) is 19.9 Å². The van der Waals surface area contributed by atoms with Crippen LogP contribution in [-0.4, -0.2) is 52.0 Å². The van der Waals surface area contributed by atoms with Crippen LogP contribution >= 0.6 is 0 Å². The molecule has 0 spiro atoms. The Bertz CT molecular complexity index is 1030. The Morgan fingerprint density at radius 2 is 1.96 bits per heavy atom. The molecule has 6 heteroatoms. The van der Waals surface area contributed by atoms with Crippen molar-refractivity contribution in [3.05, 3.63) is 58.6 Å². The van der Waals surface area contributed by atoms with Gasteiger partial charge in [-0.05, 0) is 37.8 Å². The van der Waals surface area contributed by atoms with Crippen LogP contribution in [-0.2, 0) is 19.4 Å². The maximum absolute atomic E-state index is 13.5. The summed E-state index contributed by atoms with van der Waals surface area (Å²) >= 11 is 0. The summed E-state index contributed by atoms with van der Waals surface area (Å²) in [5.74, 6) is 1.04.